The summed E-state index contributed by atoms with van der Waals surface area (Å²) in [6.45, 7) is 18.4. The van der Waals surface area contributed by atoms with Gasteiger partial charge in [0.25, 0.3) is 0 Å². The first kappa shape index (κ1) is 19.5. The predicted molar refractivity (Wildman–Crippen MR) is 92.7 cm³/mol. The van der Waals surface area contributed by atoms with Crippen molar-refractivity contribution in [3.8, 4) is 0 Å². The molecule has 2 N–H and O–H groups in total. The van der Waals surface area contributed by atoms with Crippen molar-refractivity contribution in [1.29, 1.82) is 0 Å². The quantitative estimate of drug-likeness (QED) is 0.780. The summed E-state index contributed by atoms with van der Waals surface area (Å²) in [5.74, 6) is 0. The Kier molecular flexibility index (Phi) is 6.09. The smallest absolute Gasteiger partial charge is 0.407 e. The molecule has 0 radical (unpaired) electrons. The van der Waals surface area contributed by atoms with Crippen LogP contribution in [0.25, 0.3) is 0 Å². The van der Waals surface area contributed by atoms with Crippen molar-refractivity contribution in [1.82, 2.24) is 10.6 Å². The Bertz CT molecular complexity index is 386. The maximum atomic E-state index is 12.0. The number of rotatable bonds is 3. The SMILES string of the molecule is CC(C)(C)OC(=O)NC1CCNCC1O[Si](C)(C)C(C)(C)C. The number of carbonyl (C=O) groups is 1. The maximum Gasteiger partial charge on any atom is 0.407 e. The van der Waals surface area contributed by atoms with Crippen LogP contribution in [-0.4, -0.2) is 45.2 Å². The van der Waals surface area contributed by atoms with Gasteiger partial charge in [0, 0.05) is 6.54 Å². The Morgan fingerprint density at radius 2 is 1.77 bits per heavy atom. The lowest BCUT2D eigenvalue weighted by Gasteiger charge is -2.43. The zero-order chi connectivity index (χ0) is 17.2. The molecule has 2 unspecified atom stereocenters. The Labute approximate surface area is 136 Å². The number of ether oxygens (including phenoxy) is 1. The lowest BCUT2D eigenvalue weighted by molar-refractivity contribution is 0.0402. The average molecular weight is 331 g/mol. The molecule has 0 aromatic carbocycles. The highest BCUT2D eigenvalue weighted by molar-refractivity contribution is 6.74. The summed E-state index contributed by atoms with van der Waals surface area (Å²) in [7, 11) is -1.86. The van der Waals surface area contributed by atoms with Crippen molar-refractivity contribution in [3.63, 3.8) is 0 Å². The fraction of sp³-hybridized carbons (Fsp3) is 0.938. The number of nitrogens with one attached hydrogen (secondary N) is 2. The molecule has 130 valence electrons. The van der Waals surface area contributed by atoms with E-state index in [2.05, 4.69) is 44.5 Å². The van der Waals surface area contributed by atoms with E-state index in [9.17, 15) is 4.79 Å². The topological polar surface area (TPSA) is 59.6 Å². The molecule has 1 aliphatic rings. The van der Waals surface area contributed by atoms with E-state index in [1.54, 1.807) is 0 Å². The van der Waals surface area contributed by atoms with E-state index in [0.29, 0.717) is 0 Å². The molecular weight excluding hydrogens is 296 g/mol. The molecule has 0 aliphatic carbocycles. The molecule has 22 heavy (non-hydrogen) atoms. The van der Waals surface area contributed by atoms with Gasteiger partial charge >= 0.3 is 6.09 Å². The van der Waals surface area contributed by atoms with Crippen molar-refractivity contribution < 1.29 is 14.0 Å². The van der Waals surface area contributed by atoms with E-state index in [-0.39, 0.29) is 23.3 Å². The lowest BCUT2D eigenvalue weighted by Crippen LogP contribution is -2.58. The van der Waals surface area contributed by atoms with Crippen LogP contribution in [0, 0.1) is 0 Å². The highest BCUT2D eigenvalue weighted by atomic mass is 28.4. The van der Waals surface area contributed by atoms with Gasteiger partial charge in [0.2, 0.25) is 0 Å². The van der Waals surface area contributed by atoms with E-state index in [4.69, 9.17) is 9.16 Å². The summed E-state index contributed by atoms with van der Waals surface area (Å²) < 4.78 is 11.9. The number of piperidine rings is 1. The van der Waals surface area contributed by atoms with Gasteiger partial charge < -0.3 is 19.8 Å². The summed E-state index contributed by atoms with van der Waals surface area (Å²) in [6, 6.07) is 0.00484. The van der Waals surface area contributed by atoms with Crippen LogP contribution in [0.5, 0.6) is 0 Å². The van der Waals surface area contributed by atoms with Crippen molar-refractivity contribution in [3.05, 3.63) is 0 Å². The summed E-state index contributed by atoms with van der Waals surface area (Å²) >= 11 is 0. The third-order valence-electron chi connectivity index (χ3n) is 4.38. The van der Waals surface area contributed by atoms with Gasteiger partial charge in [0.1, 0.15) is 5.60 Å². The second-order valence-corrected chi connectivity index (χ2v) is 13.4. The molecule has 0 bridgehead atoms. The lowest BCUT2D eigenvalue weighted by atomic mass is 10.0. The van der Waals surface area contributed by atoms with Crippen molar-refractivity contribution in [2.45, 2.75) is 83.8 Å². The minimum atomic E-state index is -1.86. The maximum absolute atomic E-state index is 12.0. The summed E-state index contributed by atoms with van der Waals surface area (Å²) in [5, 5.41) is 6.51. The molecule has 6 heteroatoms. The Morgan fingerprint density at radius 1 is 1.18 bits per heavy atom. The Balaban J connectivity index is 2.70. The average Bonchev–Trinajstić information content (AvgIpc) is 2.27. The zero-order valence-corrected chi connectivity index (χ0v) is 16.5. The minimum absolute atomic E-state index is 0.00200. The number of hydrogen-bond donors (Lipinski definition) is 2. The van der Waals surface area contributed by atoms with Crippen LogP contribution in [0.3, 0.4) is 0 Å². The molecule has 1 amide bonds. The fourth-order valence-corrected chi connectivity index (χ4v) is 3.49. The van der Waals surface area contributed by atoms with Crippen LogP contribution >= 0.6 is 0 Å². The molecule has 2 atom stereocenters. The van der Waals surface area contributed by atoms with E-state index in [0.717, 1.165) is 19.5 Å². The first-order valence-electron chi connectivity index (χ1n) is 8.20. The molecule has 1 fully saturated rings. The van der Waals surface area contributed by atoms with Gasteiger partial charge in [-0.2, -0.15) is 0 Å². The summed E-state index contributed by atoms with van der Waals surface area (Å²) in [6.07, 6.45) is 0.504. The van der Waals surface area contributed by atoms with Gasteiger partial charge in [-0.1, -0.05) is 20.8 Å². The Morgan fingerprint density at radius 3 is 2.27 bits per heavy atom. The third-order valence-corrected chi connectivity index (χ3v) is 8.89. The number of alkyl carbamates (subject to hydrolysis) is 1. The van der Waals surface area contributed by atoms with E-state index < -0.39 is 13.9 Å². The van der Waals surface area contributed by atoms with Crippen molar-refractivity contribution >= 4 is 14.4 Å². The molecule has 0 spiro atoms. The zero-order valence-electron chi connectivity index (χ0n) is 15.5. The van der Waals surface area contributed by atoms with Gasteiger partial charge in [-0.05, 0) is 51.9 Å². The second-order valence-electron chi connectivity index (χ2n) is 8.66. The van der Waals surface area contributed by atoms with E-state index in [1.807, 2.05) is 20.8 Å². The highest BCUT2D eigenvalue weighted by Crippen LogP contribution is 2.37. The van der Waals surface area contributed by atoms with Gasteiger partial charge in [0.15, 0.2) is 8.32 Å². The number of carbonyl (C=O) groups excluding carboxylic acids is 1. The molecule has 5 nitrogen and oxygen atoms in total. The minimum Gasteiger partial charge on any atom is -0.444 e. The Hall–Kier alpha value is -0.593. The fourth-order valence-electron chi connectivity index (χ4n) is 2.13. The van der Waals surface area contributed by atoms with Crippen molar-refractivity contribution in [2.24, 2.45) is 0 Å². The van der Waals surface area contributed by atoms with E-state index in [1.165, 1.54) is 0 Å². The molecule has 1 rings (SSSR count). The largest absolute Gasteiger partial charge is 0.444 e. The first-order chi connectivity index (χ1) is 9.82. The van der Waals surface area contributed by atoms with Gasteiger partial charge in [0.05, 0.1) is 12.1 Å². The number of hydrogen-bond acceptors (Lipinski definition) is 4. The van der Waals surface area contributed by atoms with Crippen LogP contribution in [0.15, 0.2) is 0 Å². The van der Waals surface area contributed by atoms with E-state index >= 15 is 0 Å². The molecule has 0 saturated carbocycles. The highest BCUT2D eigenvalue weighted by Gasteiger charge is 2.41. The van der Waals surface area contributed by atoms with Gasteiger partial charge in [-0.25, -0.2) is 4.79 Å². The van der Waals surface area contributed by atoms with Gasteiger partial charge in [-0.3, -0.25) is 0 Å². The van der Waals surface area contributed by atoms with Crippen LogP contribution in [0.1, 0.15) is 48.0 Å². The predicted octanol–water partition coefficient (Wildman–Crippen LogP) is 3.26. The third kappa shape index (κ3) is 5.89. The van der Waals surface area contributed by atoms with Crippen LogP contribution in [-0.2, 0) is 9.16 Å². The van der Waals surface area contributed by atoms with Crippen LogP contribution in [0.2, 0.25) is 18.1 Å². The summed E-state index contributed by atoms with van der Waals surface area (Å²) in [5.41, 5.74) is -0.479. The molecule has 1 saturated heterocycles. The first-order valence-corrected chi connectivity index (χ1v) is 11.1. The molecular formula is C16H34N2O3Si. The normalized spacial score (nSPS) is 24.0. The standard InChI is InChI=1S/C16H34N2O3Si/c1-15(2,3)20-14(19)18-12-9-10-17-11-13(12)21-22(7,8)16(4,5)6/h12-13,17H,9-11H2,1-8H3,(H,18,19). The second kappa shape index (κ2) is 6.89. The molecule has 0 aromatic heterocycles. The molecule has 1 heterocycles. The number of amides is 1. The van der Waals surface area contributed by atoms with Gasteiger partial charge in [-0.15, -0.1) is 0 Å². The molecule has 0 aromatic rings. The molecule has 1 aliphatic heterocycles. The summed E-state index contributed by atoms with van der Waals surface area (Å²) in [4.78, 5) is 12.0. The van der Waals surface area contributed by atoms with Crippen molar-refractivity contribution in [2.75, 3.05) is 13.1 Å². The van der Waals surface area contributed by atoms with Crippen LogP contribution in [0.4, 0.5) is 4.79 Å². The monoisotopic (exact) mass is 330 g/mol. The van der Waals surface area contributed by atoms with Crippen LogP contribution < -0.4 is 10.6 Å².